The molecule has 0 saturated heterocycles. The number of methoxy groups -OCH3 is 1. The van der Waals surface area contributed by atoms with E-state index in [1.54, 1.807) is 13.4 Å². The smallest absolute Gasteiger partial charge is 0.165 e. The summed E-state index contributed by atoms with van der Waals surface area (Å²) in [6, 6.07) is 13.0. The topological polar surface area (TPSA) is 64.9 Å². The Kier molecular flexibility index (Phi) is 4.83. The van der Waals surface area contributed by atoms with E-state index in [1.807, 2.05) is 47.0 Å². The van der Waals surface area contributed by atoms with Crippen LogP contribution in [-0.4, -0.2) is 26.6 Å². The van der Waals surface area contributed by atoms with Gasteiger partial charge < -0.3 is 14.6 Å². The first-order valence-electron chi connectivity index (χ1n) is 8.15. The van der Waals surface area contributed by atoms with Gasteiger partial charge in [0.2, 0.25) is 0 Å². The molecule has 0 amide bonds. The molecule has 0 unspecified atom stereocenters. The van der Waals surface area contributed by atoms with Gasteiger partial charge in [-0.15, -0.1) is 0 Å². The quantitative estimate of drug-likeness (QED) is 0.517. The Labute approximate surface area is 166 Å². The fourth-order valence-corrected chi connectivity index (χ4v) is 3.30. The molecule has 2 heterocycles. The van der Waals surface area contributed by atoms with Gasteiger partial charge in [0.1, 0.15) is 12.1 Å². The van der Waals surface area contributed by atoms with Crippen molar-refractivity contribution in [3.63, 3.8) is 0 Å². The van der Waals surface area contributed by atoms with Gasteiger partial charge in [-0.1, -0.05) is 35.3 Å². The molecule has 2 aliphatic rings. The van der Waals surface area contributed by atoms with E-state index in [4.69, 9.17) is 27.9 Å². The van der Waals surface area contributed by atoms with Gasteiger partial charge in [0.15, 0.2) is 17.3 Å². The minimum Gasteiger partial charge on any atom is -0.497 e. The number of hydrogen-bond donors (Lipinski definition) is 1. The Hall–Kier alpha value is -2.83. The summed E-state index contributed by atoms with van der Waals surface area (Å²) in [5, 5.41) is 4.46. The number of benzene rings is 2. The van der Waals surface area contributed by atoms with E-state index < -0.39 is 0 Å². The molecule has 6 nitrogen and oxygen atoms in total. The Morgan fingerprint density at radius 3 is 2.59 bits per heavy atom. The number of halogens is 2. The first-order chi connectivity index (χ1) is 13.2. The normalized spacial score (nSPS) is 10.9. The summed E-state index contributed by atoms with van der Waals surface area (Å²) in [6.07, 6.45) is 3.20. The first-order valence-corrected chi connectivity index (χ1v) is 8.91. The minimum absolute atomic E-state index is 0.445. The van der Waals surface area contributed by atoms with E-state index >= 15 is 0 Å². The molecule has 0 fully saturated rings. The van der Waals surface area contributed by atoms with Crippen molar-refractivity contribution in [3.05, 3.63) is 70.7 Å². The van der Waals surface area contributed by atoms with Crippen molar-refractivity contribution in [2.75, 3.05) is 12.4 Å². The lowest BCUT2D eigenvalue weighted by atomic mass is 10.2. The maximum absolute atomic E-state index is 6.29. The van der Waals surface area contributed by atoms with Gasteiger partial charge >= 0.3 is 0 Å². The predicted molar refractivity (Wildman–Crippen MR) is 106 cm³/mol. The second-order valence-electron chi connectivity index (χ2n) is 5.82. The van der Waals surface area contributed by atoms with Crippen molar-refractivity contribution in [3.8, 4) is 17.3 Å². The molecule has 0 aromatic heterocycles. The zero-order valence-corrected chi connectivity index (χ0v) is 15.9. The Balaban J connectivity index is 1.68. The largest absolute Gasteiger partial charge is 0.497 e. The number of rotatable bonds is 5. The van der Waals surface area contributed by atoms with Crippen LogP contribution in [0.25, 0.3) is 11.5 Å². The lowest BCUT2D eigenvalue weighted by molar-refractivity contribution is 0.415. The van der Waals surface area contributed by atoms with Crippen molar-refractivity contribution in [1.82, 2.24) is 19.5 Å². The number of aromatic nitrogens is 4. The number of anilines is 2. The monoisotopic (exact) mass is 399 g/mol. The average Bonchev–Trinajstić information content (AvgIpc) is 3.17. The molecule has 0 aliphatic carbocycles. The van der Waals surface area contributed by atoms with Crippen LogP contribution in [0.5, 0.6) is 5.75 Å². The van der Waals surface area contributed by atoms with E-state index in [-0.39, 0.29) is 0 Å². The fraction of sp³-hybridized carbons (Fsp3) is 0.105. The van der Waals surface area contributed by atoms with Gasteiger partial charge in [-0.25, -0.2) is 15.0 Å². The zero-order valence-electron chi connectivity index (χ0n) is 14.4. The number of hydrogen-bond acceptors (Lipinski definition) is 5. The van der Waals surface area contributed by atoms with Crippen molar-refractivity contribution in [1.29, 1.82) is 0 Å². The van der Waals surface area contributed by atoms with Gasteiger partial charge in [0, 0.05) is 27.4 Å². The van der Waals surface area contributed by atoms with Gasteiger partial charge in [0.25, 0.3) is 0 Å². The maximum atomic E-state index is 6.29. The predicted octanol–water partition coefficient (Wildman–Crippen LogP) is 4.89. The summed E-state index contributed by atoms with van der Waals surface area (Å²) in [5.74, 6) is 2.05. The summed E-state index contributed by atoms with van der Waals surface area (Å²) in [7, 11) is 1.63. The third kappa shape index (κ3) is 3.54. The summed E-state index contributed by atoms with van der Waals surface area (Å²) in [6.45, 7) is 0.445. The molecule has 0 spiro atoms. The molecule has 136 valence electrons. The molecular formula is C19H15Cl2N5O. The molecule has 2 aromatic carbocycles. The number of nitrogens with one attached hydrogen (secondary N) is 1. The molecule has 0 atom stereocenters. The van der Waals surface area contributed by atoms with Gasteiger partial charge in [-0.3, -0.25) is 0 Å². The molecule has 0 saturated carbocycles. The van der Waals surface area contributed by atoms with Gasteiger partial charge in [0.05, 0.1) is 20.0 Å². The minimum atomic E-state index is 0.445. The van der Waals surface area contributed by atoms with Gasteiger partial charge in [-0.2, -0.15) is 0 Å². The number of fused-ring (bicyclic) bond motifs is 1. The van der Waals surface area contributed by atoms with E-state index in [2.05, 4.69) is 20.3 Å². The molecule has 1 N–H and O–H groups in total. The van der Waals surface area contributed by atoms with E-state index in [0.717, 1.165) is 17.0 Å². The van der Waals surface area contributed by atoms with Crippen LogP contribution in [0, 0.1) is 0 Å². The molecule has 0 bridgehead atoms. The lowest BCUT2D eigenvalue weighted by Crippen LogP contribution is -2.10. The Morgan fingerprint density at radius 1 is 1.04 bits per heavy atom. The summed E-state index contributed by atoms with van der Waals surface area (Å²) < 4.78 is 7.12. The maximum Gasteiger partial charge on any atom is 0.165 e. The van der Waals surface area contributed by atoms with Crippen molar-refractivity contribution >= 4 is 34.7 Å². The number of nitrogens with zero attached hydrogens (tertiary/aromatic N) is 4. The lowest BCUT2D eigenvalue weighted by Gasteiger charge is -2.15. The molecule has 0 radical (unpaired) electrons. The van der Waals surface area contributed by atoms with Crippen LogP contribution in [0.2, 0.25) is 10.0 Å². The van der Waals surface area contributed by atoms with Crippen LogP contribution in [0.3, 0.4) is 0 Å². The summed E-state index contributed by atoms with van der Waals surface area (Å²) >= 11 is 12.6. The molecule has 2 aliphatic heterocycles. The average molecular weight is 400 g/mol. The highest BCUT2D eigenvalue weighted by atomic mass is 35.5. The number of imidazole rings is 1. The Morgan fingerprint density at radius 2 is 1.81 bits per heavy atom. The van der Waals surface area contributed by atoms with Crippen LogP contribution in [0.1, 0.15) is 5.56 Å². The van der Waals surface area contributed by atoms with Crippen molar-refractivity contribution < 1.29 is 4.74 Å². The van der Waals surface area contributed by atoms with Crippen LogP contribution < -0.4 is 10.1 Å². The standard InChI is InChI=1S/C19H15Cl2N5O/c1-27-13-5-2-4-12(8-13)25-18-17-19(23-10-22-17)26(11-24-18)9-14-15(20)6-3-7-16(14)21/h2-8,10-11,25H,9H2,1H3. The van der Waals surface area contributed by atoms with Gasteiger partial charge in [-0.05, 0) is 24.3 Å². The summed E-state index contributed by atoms with van der Waals surface area (Å²) in [5.41, 5.74) is 2.31. The molecule has 2 aromatic rings. The zero-order chi connectivity index (χ0) is 18.8. The second-order valence-corrected chi connectivity index (χ2v) is 6.64. The van der Waals surface area contributed by atoms with Crippen LogP contribution in [0.4, 0.5) is 11.5 Å². The van der Waals surface area contributed by atoms with Crippen molar-refractivity contribution in [2.45, 2.75) is 6.54 Å². The number of ether oxygens (including phenoxy) is 1. The fourth-order valence-electron chi connectivity index (χ4n) is 2.78. The van der Waals surface area contributed by atoms with E-state index in [0.29, 0.717) is 33.9 Å². The molecular weight excluding hydrogens is 385 g/mol. The van der Waals surface area contributed by atoms with Crippen LogP contribution >= 0.6 is 23.2 Å². The van der Waals surface area contributed by atoms with Crippen molar-refractivity contribution in [2.24, 2.45) is 0 Å². The highest BCUT2D eigenvalue weighted by Gasteiger charge is 2.18. The summed E-state index contributed by atoms with van der Waals surface area (Å²) in [4.78, 5) is 13.2. The third-order valence-electron chi connectivity index (χ3n) is 4.12. The van der Waals surface area contributed by atoms with E-state index in [9.17, 15) is 0 Å². The van der Waals surface area contributed by atoms with Crippen LogP contribution in [-0.2, 0) is 6.54 Å². The second kappa shape index (κ2) is 7.42. The van der Waals surface area contributed by atoms with Crippen LogP contribution in [0.15, 0.2) is 55.1 Å². The third-order valence-corrected chi connectivity index (χ3v) is 4.83. The highest BCUT2D eigenvalue weighted by molar-refractivity contribution is 6.35. The first kappa shape index (κ1) is 17.6. The SMILES string of the molecule is COc1cccc(Nc2ncn(Cc3c(Cl)cccc3Cl)c3ncnc2-3)c1. The van der Waals surface area contributed by atoms with E-state index in [1.165, 1.54) is 6.33 Å². The molecule has 27 heavy (non-hydrogen) atoms. The Bertz CT molecular complexity index is 1050. The highest BCUT2D eigenvalue weighted by Crippen LogP contribution is 2.31. The molecule has 8 heteroatoms. The molecule has 4 rings (SSSR count).